The van der Waals surface area contributed by atoms with Gasteiger partial charge in [-0.15, -0.1) is 0 Å². The Labute approximate surface area is 178 Å². The molecule has 1 aromatic heterocycles. The molecule has 0 bridgehead atoms. The smallest absolute Gasteiger partial charge is 0.270 e. The number of hydrogen-bond acceptors (Lipinski definition) is 6. The van der Waals surface area contributed by atoms with Crippen molar-refractivity contribution in [2.24, 2.45) is 0 Å². The summed E-state index contributed by atoms with van der Waals surface area (Å²) in [6, 6.07) is 14.1. The normalized spacial score (nSPS) is 11.5. The number of carbonyl (C=O) groups is 2. The number of carbonyl (C=O) groups excluding carboxylic acids is 2. The Morgan fingerprint density at radius 3 is 2.74 bits per heavy atom. The molecule has 3 rings (SSSR count). The van der Waals surface area contributed by atoms with Crippen LogP contribution in [0.2, 0.25) is 0 Å². The largest absolute Gasteiger partial charge is 0.491 e. The average molecular weight is 422 g/mol. The van der Waals surface area contributed by atoms with E-state index in [9.17, 15) is 19.7 Å². The number of nitro benzene ring substituents is 1. The van der Waals surface area contributed by atoms with E-state index in [-0.39, 0.29) is 17.2 Å². The van der Waals surface area contributed by atoms with Gasteiger partial charge in [-0.3, -0.25) is 24.7 Å². The minimum Gasteiger partial charge on any atom is -0.491 e. The highest BCUT2D eigenvalue weighted by Gasteiger charge is 2.18. The number of aromatic nitrogens is 1. The van der Waals surface area contributed by atoms with Gasteiger partial charge in [-0.25, -0.2) is 0 Å². The molecule has 2 N–H and O–H groups in total. The van der Waals surface area contributed by atoms with Crippen LogP contribution in [0.25, 0.3) is 10.9 Å². The molecule has 0 saturated carbocycles. The Morgan fingerprint density at radius 2 is 1.94 bits per heavy atom. The van der Waals surface area contributed by atoms with E-state index in [1.807, 2.05) is 30.3 Å². The van der Waals surface area contributed by atoms with Crippen molar-refractivity contribution in [1.82, 2.24) is 15.6 Å². The number of ether oxygens (including phenoxy) is 1. The SMILES string of the molecule is CC(NC(=O)c1cccc([N+](=O)[O-])c1)C(=O)NCCCOc1cccc2cccnc12. The number of nitrogens with zero attached hydrogens (tertiary/aromatic N) is 2. The number of non-ortho nitro benzene ring substituents is 1. The van der Waals surface area contributed by atoms with Gasteiger partial charge >= 0.3 is 0 Å². The Balaban J connectivity index is 1.42. The number of hydrogen-bond donors (Lipinski definition) is 2. The van der Waals surface area contributed by atoms with Gasteiger partial charge in [0.2, 0.25) is 5.91 Å². The fraction of sp³-hybridized carbons (Fsp3) is 0.227. The number of rotatable bonds is 9. The second-order valence-corrected chi connectivity index (χ2v) is 6.83. The molecule has 0 aliphatic carbocycles. The van der Waals surface area contributed by atoms with Gasteiger partial charge < -0.3 is 15.4 Å². The van der Waals surface area contributed by atoms with E-state index in [1.165, 1.54) is 24.3 Å². The number of para-hydroxylation sites is 1. The van der Waals surface area contributed by atoms with E-state index in [1.54, 1.807) is 13.1 Å². The summed E-state index contributed by atoms with van der Waals surface area (Å²) in [7, 11) is 0. The lowest BCUT2D eigenvalue weighted by atomic mass is 10.1. The lowest BCUT2D eigenvalue weighted by Gasteiger charge is -2.14. The van der Waals surface area contributed by atoms with Crippen LogP contribution in [-0.2, 0) is 4.79 Å². The topological polar surface area (TPSA) is 123 Å². The highest BCUT2D eigenvalue weighted by molar-refractivity contribution is 5.97. The third-order valence-electron chi connectivity index (χ3n) is 4.53. The van der Waals surface area contributed by atoms with Gasteiger partial charge in [-0.2, -0.15) is 0 Å². The summed E-state index contributed by atoms with van der Waals surface area (Å²) < 4.78 is 5.78. The first-order valence-electron chi connectivity index (χ1n) is 9.75. The van der Waals surface area contributed by atoms with Gasteiger partial charge in [0.15, 0.2) is 0 Å². The fourth-order valence-corrected chi connectivity index (χ4v) is 2.92. The van der Waals surface area contributed by atoms with Crippen LogP contribution in [0.1, 0.15) is 23.7 Å². The van der Waals surface area contributed by atoms with Gasteiger partial charge in [-0.05, 0) is 31.5 Å². The molecule has 0 fully saturated rings. The zero-order valence-corrected chi connectivity index (χ0v) is 16.9. The van der Waals surface area contributed by atoms with Crippen molar-refractivity contribution in [3.63, 3.8) is 0 Å². The van der Waals surface area contributed by atoms with Gasteiger partial charge in [0.1, 0.15) is 17.3 Å². The molecule has 0 radical (unpaired) electrons. The first-order valence-corrected chi connectivity index (χ1v) is 9.75. The summed E-state index contributed by atoms with van der Waals surface area (Å²) >= 11 is 0. The average Bonchev–Trinajstić information content (AvgIpc) is 2.78. The highest BCUT2D eigenvalue weighted by Crippen LogP contribution is 2.22. The molecule has 0 aliphatic rings. The van der Waals surface area contributed by atoms with Gasteiger partial charge in [0, 0.05) is 35.8 Å². The van der Waals surface area contributed by atoms with E-state index in [0.29, 0.717) is 25.3 Å². The van der Waals surface area contributed by atoms with E-state index >= 15 is 0 Å². The quantitative estimate of drug-likeness (QED) is 0.310. The van der Waals surface area contributed by atoms with Crippen LogP contribution in [0.3, 0.4) is 0 Å². The van der Waals surface area contributed by atoms with Crippen LogP contribution in [-0.4, -0.2) is 40.9 Å². The summed E-state index contributed by atoms with van der Waals surface area (Å²) in [4.78, 5) is 39.0. The Bertz CT molecular complexity index is 1100. The fourth-order valence-electron chi connectivity index (χ4n) is 2.92. The molecule has 2 aromatic carbocycles. The molecule has 31 heavy (non-hydrogen) atoms. The summed E-state index contributed by atoms with van der Waals surface area (Å²) in [5.74, 6) is -0.231. The predicted octanol–water partition coefficient (Wildman–Crippen LogP) is 2.85. The number of nitro groups is 1. The monoisotopic (exact) mass is 422 g/mol. The number of fused-ring (bicyclic) bond motifs is 1. The van der Waals surface area contributed by atoms with Crippen LogP contribution >= 0.6 is 0 Å². The number of pyridine rings is 1. The number of nitrogens with one attached hydrogen (secondary N) is 2. The third-order valence-corrected chi connectivity index (χ3v) is 4.53. The maximum atomic E-state index is 12.2. The maximum absolute atomic E-state index is 12.2. The molecule has 1 heterocycles. The Kier molecular flexibility index (Phi) is 7.10. The molecular weight excluding hydrogens is 400 g/mol. The van der Waals surface area contributed by atoms with Crippen molar-refractivity contribution >= 4 is 28.4 Å². The highest BCUT2D eigenvalue weighted by atomic mass is 16.6. The molecule has 160 valence electrons. The van der Waals surface area contributed by atoms with Crippen LogP contribution in [0.4, 0.5) is 5.69 Å². The molecule has 0 spiro atoms. The molecule has 2 amide bonds. The molecule has 1 atom stereocenters. The van der Waals surface area contributed by atoms with E-state index < -0.39 is 16.9 Å². The van der Waals surface area contributed by atoms with Crippen LogP contribution < -0.4 is 15.4 Å². The summed E-state index contributed by atoms with van der Waals surface area (Å²) in [5, 5.41) is 17.1. The van der Waals surface area contributed by atoms with Crippen molar-refractivity contribution in [2.45, 2.75) is 19.4 Å². The number of benzene rings is 2. The lowest BCUT2D eigenvalue weighted by molar-refractivity contribution is -0.384. The van der Waals surface area contributed by atoms with E-state index in [4.69, 9.17) is 4.74 Å². The van der Waals surface area contributed by atoms with E-state index in [0.717, 1.165) is 10.9 Å². The summed E-state index contributed by atoms with van der Waals surface area (Å²) in [6.45, 7) is 2.31. The third kappa shape index (κ3) is 5.75. The maximum Gasteiger partial charge on any atom is 0.270 e. The molecule has 1 unspecified atom stereocenters. The second kappa shape index (κ2) is 10.1. The van der Waals surface area contributed by atoms with Crippen molar-refractivity contribution in [3.05, 3.63) is 76.5 Å². The van der Waals surface area contributed by atoms with Crippen molar-refractivity contribution < 1.29 is 19.2 Å². The molecule has 9 nitrogen and oxygen atoms in total. The Morgan fingerprint density at radius 1 is 1.16 bits per heavy atom. The zero-order valence-electron chi connectivity index (χ0n) is 16.9. The second-order valence-electron chi connectivity index (χ2n) is 6.83. The van der Waals surface area contributed by atoms with Gasteiger partial charge in [-0.1, -0.05) is 24.3 Å². The standard InChI is InChI=1S/C22H22N4O5/c1-15(25-22(28)17-7-2-9-18(14-17)26(29)30)21(27)24-12-5-13-31-19-10-3-6-16-8-4-11-23-20(16)19/h2-4,6-11,14-15H,5,12-13H2,1H3,(H,24,27)(H,25,28). The van der Waals surface area contributed by atoms with Crippen LogP contribution in [0.5, 0.6) is 5.75 Å². The van der Waals surface area contributed by atoms with Crippen molar-refractivity contribution in [3.8, 4) is 5.75 Å². The molecule has 3 aromatic rings. The summed E-state index contributed by atoms with van der Waals surface area (Å²) in [5.41, 5.74) is 0.712. The molecule has 0 aliphatic heterocycles. The minimum atomic E-state index is -0.796. The molecule has 9 heteroatoms. The minimum absolute atomic E-state index is 0.117. The first-order chi connectivity index (χ1) is 15.0. The van der Waals surface area contributed by atoms with Gasteiger partial charge in [0.25, 0.3) is 11.6 Å². The first kappa shape index (κ1) is 21.7. The number of amides is 2. The summed E-state index contributed by atoms with van der Waals surface area (Å²) in [6.07, 6.45) is 2.28. The lowest BCUT2D eigenvalue weighted by Crippen LogP contribution is -2.45. The van der Waals surface area contributed by atoms with Crippen molar-refractivity contribution in [1.29, 1.82) is 0 Å². The van der Waals surface area contributed by atoms with Crippen LogP contribution in [0, 0.1) is 10.1 Å². The molecule has 0 saturated heterocycles. The zero-order chi connectivity index (χ0) is 22.2. The van der Waals surface area contributed by atoms with E-state index in [2.05, 4.69) is 15.6 Å². The van der Waals surface area contributed by atoms with Crippen LogP contribution in [0.15, 0.2) is 60.8 Å². The Hall–Kier alpha value is -4.01. The van der Waals surface area contributed by atoms with Crippen molar-refractivity contribution in [2.75, 3.05) is 13.2 Å². The van der Waals surface area contributed by atoms with Gasteiger partial charge in [0.05, 0.1) is 11.5 Å². The molecular formula is C22H22N4O5. The predicted molar refractivity (Wildman–Crippen MR) is 115 cm³/mol.